The lowest BCUT2D eigenvalue weighted by Crippen LogP contribution is -2.17. The quantitative estimate of drug-likeness (QED) is 0.427. The molecule has 0 radical (unpaired) electrons. The number of hydrogen-bond donors (Lipinski definition) is 1. The lowest BCUT2D eigenvalue weighted by molar-refractivity contribution is 0.0998. The number of hydrogen-bond acceptors (Lipinski definition) is 5. The number of thiazole rings is 1. The Morgan fingerprint density at radius 1 is 1.12 bits per heavy atom. The van der Waals surface area contributed by atoms with Crippen LogP contribution in [0.2, 0.25) is 0 Å². The standard InChI is InChI=1S/C24H19N3O4S2/c1-3-14-27-21-13-12-19(31-2)16-22(21)32-24(27)25-23(28)17-8-7-9-18(15-17)26-33(29,30)20-10-5-4-6-11-20/h1,4-13,15-16,26H,14H2,2H3. The molecule has 7 nitrogen and oxygen atoms in total. The molecule has 0 spiro atoms. The molecular weight excluding hydrogens is 458 g/mol. The fourth-order valence-electron chi connectivity index (χ4n) is 3.19. The highest BCUT2D eigenvalue weighted by atomic mass is 32.2. The molecule has 1 heterocycles. The fourth-order valence-corrected chi connectivity index (χ4v) is 5.32. The third-order valence-electron chi connectivity index (χ3n) is 4.75. The number of benzene rings is 3. The molecule has 0 atom stereocenters. The van der Waals surface area contributed by atoms with Crippen LogP contribution in [0.15, 0.2) is 82.7 Å². The molecule has 4 rings (SSSR count). The van der Waals surface area contributed by atoms with Gasteiger partial charge in [0.2, 0.25) is 0 Å². The van der Waals surface area contributed by atoms with E-state index in [4.69, 9.17) is 11.2 Å². The van der Waals surface area contributed by atoms with Crippen molar-refractivity contribution in [2.75, 3.05) is 11.8 Å². The highest BCUT2D eigenvalue weighted by Gasteiger charge is 2.15. The van der Waals surface area contributed by atoms with Crippen LogP contribution in [-0.2, 0) is 16.6 Å². The Hall–Kier alpha value is -3.87. The highest BCUT2D eigenvalue weighted by Crippen LogP contribution is 2.23. The smallest absolute Gasteiger partial charge is 0.279 e. The molecule has 3 aromatic carbocycles. The Morgan fingerprint density at radius 2 is 1.91 bits per heavy atom. The van der Waals surface area contributed by atoms with E-state index in [1.165, 1.54) is 29.5 Å². The van der Waals surface area contributed by atoms with E-state index in [2.05, 4.69) is 15.6 Å². The molecule has 0 fully saturated rings. The average Bonchev–Trinajstić information content (AvgIpc) is 3.15. The monoisotopic (exact) mass is 477 g/mol. The molecule has 0 aliphatic carbocycles. The molecule has 0 aliphatic heterocycles. The third kappa shape index (κ3) is 4.82. The summed E-state index contributed by atoms with van der Waals surface area (Å²) in [6.07, 6.45) is 5.52. The largest absolute Gasteiger partial charge is 0.497 e. The van der Waals surface area contributed by atoms with Crippen molar-refractivity contribution in [1.29, 1.82) is 0 Å². The van der Waals surface area contributed by atoms with Crippen LogP contribution in [0.25, 0.3) is 10.2 Å². The predicted molar refractivity (Wildman–Crippen MR) is 129 cm³/mol. The second-order valence-electron chi connectivity index (χ2n) is 6.92. The number of amides is 1. The molecule has 4 aromatic rings. The van der Waals surface area contributed by atoms with Crippen LogP contribution in [0.4, 0.5) is 5.69 Å². The number of nitrogens with one attached hydrogen (secondary N) is 1. The summed E-state index contributed by atoms with van der Waals surface area (Å²) < 4.78 is 35.6. The van der Waals surface area contributed by atoms with Crippen molar-refractivity contribution >= 4 is 43.2 Å². The van der Waals surface area contributed by atoms with Gasteiger partial charge < -0.3 is 9.30 Å². The Morgan fingerprint density at radius 3 is 2.64 bits per heavy atom. The molecule has 33 heavy (non-hydrogen) atoms. The summed E-state index contributed by atoms with van der Waals surface area (Å²) in [4.78, 5) is 17.8. The molecule has 9 heteroatoms. The van der Waals surface area contributed by atoms with E-state index in [0.29, 0.717) is 10.6 Å². The van der Waals surface area contributed by atoms with Crippen molar-refractivity contribution in [3.05, 3.63) is 83.2 Å². The van der Waals surface area contributed by atoms with Gasteiger partial charge in [-0.1, -0.05) is 41.5 Å². The minimum atomic E-state index is -3.78. The number of ether oxygens (including phenoxy) is 1. The van der Waals surface area contributed by atoms with E-state index in [0.717, 1.165) is 10.2 Å². The molecule has 0 bridgehead atoms. The molecule has 0 saturated carbocycles. The zero-order chi connectivity index (χ0) is 23.4. The molecule has 0 aliphatic rings. The zero-order valence-electron chi connectivity index (χ0n) is 17.6. The topological polar surface area (TPSA) is 89.8 Å². The molecular formula is C24H19N3O4S2. The van der Waals surface area contributed by atoms with Gasteiger partial charge in [0.25, 0.3) is 15.9 Å². The molecule has 166 valence electrons. The van der Waals surface area contributed by atoms with E-state index < -0.39 is 15.9 Å². The summed E-state index contributed by atoms with van der Waals surface area (Å²) >= 11 is 1.32. The first-order valence-electron chi connectivity index (χ1n) is 9.79. The summed E-state index contributed by atoms with van der Waals surface area (Å²) in [7, 11) is -2.20. The van der Waals surface area contributed by atoms with E-state index in [9.17, 15) is 13.2 Å². The van der Waals surface area contributed by atoms with E-state index in [1.807, 2.05) is 18.2 Å². The van der Waals surface area contributed by atoms with Gasteiger partial charge in [0, 0.05) is 11.3 Å². The lowest BCUT2D eigenvalue weighted by Gasteiger charge is -2.08. The summed E-state index contributed by atoms with van der Waals surface area (Å²) in [5.41, 5.74) is 1.35. The van der Waals surface area contributed by atoms with Crippen molar-refractivity contribution in [3.8, 4) is 18.1 Å². The second kappa shape index (κ2) is 9.32. The van der Waals surface area contributed by atoms with Gasteiger partial charge in [-0.15, -0.1) is 6.42 Å². The number of methoxy groups -OCH3 is 1. The van der Waals surface area contributed by atoms with Crippen LogP contribution in [0, 0.1) is 12.3 Å². The maximum Gasteiger partial charge on any atom is 0.279 e. The third-order valence-corrected chi connectivity index (χ3v) is 7.19. The van der Waals surface area contributed by atoms with E-state index in [1.54, 1.807) is 48.1 Å². The number of carbonyl (C=O) groups is 1. The lowest BCUT2D eigenvalue weighted by atomic mass is 10.2. The van der Waals surface area contributed by atoms with Gasteiger partial charge in [-0.2, -0.15) is 4.99 Å². The average molecular weight is 478 g/mol. The van der Waals surface area contributed by atoms with Gasteiger partial charge in [-0.3, -0.25) is 9.52 Å². The van der Waals surface area contributed by atoms with Crippen molar-refractivity contribution in [2.45, 2.75) is 11.4 Å². The Kier molecular flexibility index (Phi) is 6.31. The first kappa shape index (κ1) is 22.3. The summed E-state index contributed by atoms with van der Waals surface area (Å²) in [6.45, 7) is 0.245. The first-order chi connectivity index (χ1) is 15.9. The van der Waals surface area contributed by atoms with Gasteiger partial charge in [0.15, 0.2) is 4.80 Å². The van der Waals surface area contributed by atoms with Crippen molar-refractivity contribution < 1.29 is 17.9 Å². The number of anilines is 1. The molecule has 1 aromatic heterocycles. The second-order valence-corrected chi connectivity index (χ2v) is 9.62. The zero-order valence-corrected chi connectivity index (χ0v) is 19.2. The fraction of sp³-hybridized carbons (Fsp3) is 0.0833. The number of sulfonamides is 1. The molecule has 0 saturated heterocycles. The van der Waals surface area contributed by atoms with Crippen LogP contribution < -0.4 is 14.3 Å². The molecule has 1 N–H and O–H groups in total. The van der Waals surface area contributed by atoms with Gasteiger partial charge >= 0.3 is 0 Å². The van der Waals surface area contributed by atoms with Crippen LogP contribution in [0.1, 0.15) is 10.4 Å². The van der Waals surface area contributed by atoms with Crippen LogP contribution >= 0.6 is 11.3 Å². The van der Waals surface area contributed by atoms with Gasteiger partial charge in [-0.25, -0.2) is 8.42 Å². The van der Waals surface area contributed by atoms with Crippen molar-refractivity contribution in [1.82, 2.24) is 4.57 Å². The van der Waals surface area contributed by atoms with Gasteiger partial charge in [0.1, 0.15) is 5.75 Å². The van der Waals surface area contributed by atoms with Crippen LogP contribution in [-0.4, -0.2) is 26.0 Å². The summed E-state index contributed by atoms with van der Waals surface area (Å²) in [6, 6.07) is 19.7. The van der Waals surface area contributed by atoms with Gasteiger partial charge in [-0.05, 0) is 48.5 Å². The van der Waals surface area contributed by atoms with Crippen molar-refractivity contribution in [3.63, 3.8) is 0 Å². The van der Waals surface area contributed by atoms with E-state index >= 15 is 0 Å². The SMILES string of the molecule is C#CCn1c(=NC(=O)c2cccc(NS(=O)(=O)c3ccccc3)c2)sc2cc(OC)ccc21. The van der Waals surface area contributed by atoms with Crippen LogP contribution in [0.5, 0.6) is 5.75 Å². The highest BCUT2D eigenvalue weighted by molar-refractivity contribution is 7.92. The normalized spacial score (nSPS) is 11.8. The number of aromatic nitrogens is 1. The summed E-state index contributed by atoms with van der Waals surface area (Å²) in [5.74, 6) is 2.76. The minimum absolute atomic E-state index is 0.127. The Bertz CT molecular complexity index is 1550. The first-order valence-corrected chi connectivity index (χ1v) is 12.1. The predicted octanol–water partition coefficient (Wildman–Crippen LogP) is 3.89. The Labute approximate surface area is 195 Å². The number of rotatable bonds is 6. The Balaban J connectivity index is 1.69. The minimum Gasteiger partial charge on any atom is -0.497 e. The van der Waals surface area contributed by atoms with E-state index in [-0.39, 0.29) is 22.7 Å². The maximum atomic E-state index is 12.9. The number of terminal acetylenes is 1. The van der Waals surface area contributed by atoms with Crippen molar-refractivity contribution in [2.24, 2.45) is 4.99 Å². The number of nitrogens with zero attached hydrogens (tertiary/aromatic N) is 2. The molecule has 0 unspecified atom stereocenters. The number of carbonyl (C=O) groups excluding carboxylic acids is 1. The summed E-state index contributed by atoms with van der Waals surface area (Å²) in [5, 5.41) is 0. The van der Waals surface area contributed by atoms with Gasteiger partial charge in [0.05, 0.1) is 28.8 Å². The maximum absolute atomic E-state index is 12.9. The molecule has 1 amide bonds. The van der Waals surface area contributed by atoms with Crippen LogP contribution in [0.3, 0.4) is 0 Å². The number of fused-ring (bicyclic) bond motifs is 1.